The van der Waals surface area contributed by atoms with Gasteiger partial charge in [0.1, 0.15) is 4.90 Å². The zero-order valence-corrected chi connectivity index (χ0v) is 19.0. The van der Waals surface area contributed by atoms with E-state index in [0.29, 0.717) is 11.8 Å². The minimum atomic E-state index is -0.972. The summed E-state index contributed by atoms with van der Waals surface area (Å²) >= 11 is 6.03. The molecule has 1 aromatic carbocycles. The Balaban J connectivity index is 1.40. The van der Waals surface area contributed by atoms with E-state index >= 15 is 0 Å². The molecule has 2 aromatic rings. The number of aromatic nitrogens is 2. The van der Waals surface area contributed by atoms with Gasteiger partial charge in [0.2, 0.25) is 5.95 Å². The lowest BCUT2D eigenvalue weighted by atomic mass is 10.1. The minimum Gasteiger partial charge on any atom is -0.368 e. The number of fused-ring (bicyclic) bond motifs is 1. The topological polar surface area (TPSA) is 52.6 Å². The summed E-state index contributed by atoms with van der Waals surface area (Å²) in [5.41, 5.74) is 2.20. The molecule has 3 aliphatic heterocycles. The summed E-state index contributed by atoms with van der Waals surface area (Å²) in [6.07, 6.45) is 4.26. The van der Waals surface area contributed by atoms with E-state index in [1.54, 1.807) is 0 Å². The molecule has 8 heteroatoms. The Morgan fingerprint density at radius 3 is 2.53 bits per heavy atom. The highest BCUT2D eigenvalue weighted by atomic mass is 35.5. The normalized spacial score (nSPS) is 23.9. The highest BCUT2D eigenvalue weighted by Crippen LogP contribution is 2.36. The molecule has 2 fully saturated rings. The van der Waals surface area contributed by atoms with Gasteiger partial charge in [-0.1, -0.05) is 18.5 Å². The van der Waals surface area contributed by atoms with Crippen LogP contribution in [-0.2, 0) is 17.2 Å². The van der Waals surface area contributed by atoms with E-state index in [2.05, 4.69) is 33.8 Å². The predicted octanol–water partition coefficient (Wildman–Crippen LogP) is 3.50. The van der Waals surface area contributed by atoms with E-state index in [0.717, 1.165) is 72.9 Å². The lowest BCUT2D eigenvalue weighted by molar-refractivity contribution is 0.621. The zero-order valence-electron chi connectivity index (χ0n) is 17.4. The van der Waals surface area contributed by atoms with Gasteiger partial charge in [-0.05, 0) is 43.5 Å². The maximum atomic E-state index is 12.7. The van der Waals surface area contributed by atoms with Crippen LogP contribution in [-0.4, -0.2) is 58.7 Å². The third-order valence-corrected chi connectivity index (χ3v) is 8.23. The van der Waals surface area contributed by atoms with E-state index in [1.165, 1.54) is 18.5 Å². The first kappa shape index (κ1) is 20.1. The van der Waals surface area contributed by atoms with Gasteiger partial charge in [-0.3, -0.25) is 4.21 Å². The highest BCUT2D eigenvalue weighted by Gasteiger charge is 2.34. The number of piperazine rings is 1. The van der Waals surface area contributed by atoms with E-state index in [4.69, 9.17) is 21.6 Å². The Hall–Kier alpha value is -1.86. The Kier molecular flexibility index (Phi) is 5.58. The molecule has 2 saturated heterocycles. The third kappa shape index (κ3) is 3.66. The summed E-state index contributed by atoms with van der Waals surface area (Å²) in [6.45, 7) is 6.83. The molecule has 5 rings (SSSR count). The monoisotopic (exact) mass is 445 g/mol. The molecule has 0 aliphatic carbocycles. The fourth-order valence-corrected chi connectivity index (χ4v) is 6.34. The minimum absolute atomic E-state index is 0.496. The molecule has 1 aromatic heterocycles. The van der Waals surface area contributed by atoms with E-state index < -0.39 is 10.8 Å². The molecule has 4 heterocycles. The molecule has 0 N–H and O–H groups in total. The molecule has 0 amide bonds. The lowest BCUT2D eigenvalue weighted by Crippen LogP contribution is -2.47. The maximum absolute atomic E-state index is 12.7. The van der Waals surface area contributed by atoms with Crippen LogP contribution in [0.3, 0.4) is 0 Å². The van der Waals surface area contributed by atoms with Gasteiger partial charge in [0, 0.05) is 61.6 Å². The Morgan fingerprint density at radius 2 is 1.80 bits per heavy atom. The number of aryl methyl sites for hydroxylation is 1. The van der Waals surface area contributed by atoms with Crippen molar-refractivity contribution in [3.05, 3.63) is 35.0 Å². The van der Waals surface area contributed by atoms with Crippen LogP contribution in [0, 0.1) is 0 Å². The zero-order chi connectivity index (χ0) is 20.7. The number of rotatable bonds is 4. The molecule has 0 radical (unpaired) electrons. The molecule has 1 unspecified atom stereocenters. The third-order valence-electron chi connectivity index (χ3n) is 6.53. The van der Waals surface area contributed by atoms with E-state index in [1.807, 2.05) is 12.1 Å². The van der Waals surface area contributed by atoms with Gasteiger partial charge >= 0.3 is 0 Å². The molecule has 0 saturated carbocycles. The lowest BCUT2D eigenvalue weighted by Gasteiger charge is -2.36. The molecular formula is C22H28ClN5OS. The number of anilines is 3. The SMILES string of the molecule is CC[C@@H]1CCCN1c1nc(N2CCN(c3ccc(Cl)cc3)CC2)nc2c1S(=O)CC2. The molecule has 30 heavy (non-hydrogen) atoms. The van der Waals surface area contributed by atoms with Crippen LogP contribution < -0.4 is 14.7 Å². The molecule has 3 aliphatic rings. The number of halogens is 1. The maximum Gasteiger partial charge on any atom is 0.227 e. The molecule has 2 atom stereocenters. The first-order valence-corrected chi connectivity index (χ1v) is 12.6. The molecule has 6 nitrogen and oxygen atoms in total. The van der Waals surface area contributed by atoms with Crippen LogP contribution in [0.25, 0.3) is 0 Å². The number of hydrogen-bond acceptors (Lipinski definition) is 6. The van der Waals surface area contributed by atoms with Gasteiger partial charge in [-0.2, -0.15) is 4.98 Å². The van der Waals surface area contributed by atoms with Gasteiger partial charge < -0.3 is 14.7 Å². The standard InChI is InChI=1S/C22H28ClN5OS/c1-2-17-4-3-10-28(17)21-20-19(9-15-30(20)29)24-22(25-21)27-13-11-26(12-14-27)18-7-5-16(23)6-8-18/h5-8,17H,2-4,9-15H2,1H3/t17-,30?/m1/s1. The van der Waals surface area contributed by atoms with Crippen molar-refractivity contribution < 1.29 is 4.21 Å². The van der Waals surface area contributed by atoms with Gasteiger partial charge in [0.25, 0.3) is 0 Å². The van der Waals surface area contributed by atoms with Crippen LogP contribution >= 0.6 is 11.6 Å². The predicted molar refractivity (Wildman–Crippen MR) is 124 cm³/mol. The van der Waals surface area contributed by atoms with Crippen molar-refractivity contribution in [2.24, 2.45) is 0 Å². The quantitative estimate of drug-likeness (QED) is 0.717. The largest absolute Gasteiger partial charge is 0.368 e. The van der Waals surface area contributed by atoms with Crippen LogP contribution in [0.2, 0.25) is 5.02 Å². The van der Waals surface area contributed by atoms with Crippen molar-refractivity contribution in [2.75, 3.05) is 53.2 Å². The number of nitrogens with zero attached hydrogens (tertiary/aromatic N) is 5. The number of hydrogen-bond donors (Lipinski definition) is 0. The van der Waals surface area contributed by atoms with Crippen molar-refractivity contribution in [1.29, 1.82) is 0 Å². The van der Waals surface area contributed by atoms with Gasteiger partial charge in [0.05, 0.1) is 16.5 Å². The Labute approximate surface area is 185 Å². The second-order valence-corrected chi connectivity index (χ2v) is 10.2. The number of benzene rings is 1. The summed E-state index contributed by atoms with van der Waals surface area (Å²) in [5.74, 6) is 2.42. The van der Waals surface area contributed by atoms with Crippen molar-refractivity contribution in [2.45, 2.75) is 43.5 Å². The average Bonchev–Trinajstić information content (AvgIpc) is 3.40. The molecule has 0 spiro atoms. The van der Waals surface area contributed by atoms with Gasteiger partial charge in [-0.15, -0.1) is 0 Å². The highest BCUT2D eigenvalue weighted by molar-refractivity contribution is 7.85. The average molecular weight is 446 g/mol. The van der Waals surface area contributed by atoms with Gasteiger partial charge in [0.15, 0.2) is 5.82 Å². The summed E-state index contributed by atoms with van der Waals surface area (Å²) in [5, 5.41) is 0.765. The van der Waals surface area contributed by atoms with Crippen molar-refractivity contribution in [1.82, 2.24) is 9.97 Å². The van der Waals surface area contributed by atoms with E-state index in [9.17, 15) is 4.21 Å². The summed E-state index contributed by atoms with van der Waals surface area (Å²) < 4.78 is 12.7. The van der Waals surface area contributed by atoms with Crippen molar-refractivity contribution in [3.63, 3.8) is 0 Å². The van der Waals surface area contributed by atoms with Crippen molar-refractivity contribution in [3.8, 4) is 0 Å². The second kappa shape index (κ2) is 8.35. The first-order chi connectivity index (χ1) is 14.6. The molecule has 160 valence electrons. The second-order valence-electron chi connectivity index (χ2n) is 8.27. The first-order valence-electron chi connectivity index (χ1n) is 11.0. The van der Waals surface area contributed by atoms with Crippen LogP contribution in [0.5, 0.6) is 0 Å². The van der Waals surface area contributed by atoms with E-state index in [-0.39, 0.29) is 0 Å². The van der Waals surface area contributed by atoms with Crippen LogP contribution in [0.4, 0.5) is 17.5 Å². The fraction of sp³-hybridized carbons (Fsp3) is 0.545. The van der Waals surface area contributed by atoms with Gasteiger partial charge in [-0.25, -0.2) is 4.98 Å². The smallest absolute Gasteiger partial charge is 0.227 e. The fourth-order valence-electron chi connectivity index (χ4n) is 4.86. The summed E-state index contributed by atoms with van der Waals surface area (Å²) in [6, 6.07) is 8.54. The van der Waals surface area contributed by atoms with Crippen LogP contribution in [0.15, 0.2) is 29.2 Å². The summed E-state index contributed by atoms with van der Waals surface area (Å²) in [4.78, 5) is 17.9. The Bertz CT molecular complexity index is 945. The van der Waals surface area contributed by atoms with Crippen molar-refractivity contribution >= 4 is 39.9 Å². The summed E-state index contributed by atoms with van der Waals surface area (Å²) in [7, 11) is -0.972. The molecule has 0 bridgehead atoms. The molecular weight excluding hydrogens is 418 g/mol. The Morgan fingerprint density at radius 1 is 1.07 bits per heavy atom. The van der Waals surface area contributed by atoms with Crippen LogP contribution in [0.1, 0.15) is 31.9 Å².